The molecule has 0 bridgehead atoms. The molecule has 2 heteroatoms. The lowest BCUT2D eigenvalue weighted by molar-refractivity contribution is 0.0945. The van der Waals surface area contributed by atoms with Crippen LogP contribution in [0.1, 0.15) is 12.8 Å². The fourth-order valence-electron chi connectivity index (χ4n) is 2.35. The summed E-state index contributed by atoms with van der Waals surface area (Å²) >= 11 is 3.53. The van der Waals surface area contributed by atoms with E-state index in [1.54, 1.807) is 0 Å². The Morgan fingerprint density at radius 3 is 2.40 bits per heavy atom. The first-order chi connectivity index (χ1) is 4.86. The lowest BCUT2D eigenvalue weighted by Gasteiger charge is -2.10. The van der Waals surface area contributed by atoms with Crippen LogP contribution in [0.15, 0.2) is 0 Å². The van der Waals surface area contributed by atoms with Gasteiger partial charge in [-0.15, -0.1) is 0 Å². The smallest absolute Gasteiger partial charge is 0.0577 e. The highest BCUT2D eigenvalue weighted by molar-refractivity contribution is 9.09. The Kier molecular flexibility index (Phi) is 1.77. The molecule has 58 valence electrons. The van der Waals surface area contributed by atoms with Gasteiger partial charge in [0.1, 0.15) is 0 Å². The number of fused-ring (bicyclic) bond motifs is 1. The van der Waals surface area contributed by atoms with Gasteiger partial charge >= 0.3 is 0 Å². The van der Waals surface area contributed by atoms with Crippen LogP contribution in [0.2, 0.25) is 0 Å². The number of alkyl halides is 1. The summed E-state index contributed by atoms with van der Waals surface area (Å²) < 4.78 is 5.29. The zero-order valence-corrected chi connectivity index (χ0v) is 7.80. The molecule has 0 saturated heterocycles. The topological polar surface area (TPSA) is 9.23 Å². The SMILES string of the molecule is COC1CC2C(CBr)C2C1. The van der Waals surface area contributed by atoms with Gasteiger partial charge in [-0.25, -0.2) is 0 Å². The van der Waals surface area contributed by atoms with E-state index in [1.165, 1.54) is 18.2 Å². The third-order valence-electron chi connectivity index (χ3n) is 3.09. The van der Waals surface area contributed by atoms with Crippen molar-refractivity contribution in [2.24, 2.45) is 17.8 Å². The lowest BCUT2D eigenvalue weighted by atomic mass is 10.1. The van der Waals surface area contributed by atoms with E-state index in [1.807, 2.05) is 7.11 Å². The average Bonchev–Trinajstić information content (AvgIpc) is 2.43. The van der Waals surface area contributed by atoms with Crippen LogP contribution in [0.3, 0.4) is 0 Å². The molecule has 0 heterocycles. The summed E-state index contributed by atoms with van der Waals surface area (Å²) in [6.45, 7) is 0. The Hall–Kier alpha value is 0.440. The van der Waals surface area contributed by atoms with Gasteiger partial charge in [0, 0.05) is 12.4 Å². The minimum atomic E-state index is 0.588. The monoisotopic (exact) mass is 204 g/mol. The van der Waals surface area contributed by atoms with Crippen LogP contribution in [0, 0.1) is 17.8 Å². The summed E-state index contributed by atoms with van der Waals surface area (Å²) in [5.74, 6) is 3.00. The number of hydrogen-bond donors (Lipinski definition) is 0. The van der Waals surface area contributed by atoms with Crippen molar-refractivity contribution in [3.63, 3.8) is 0 Å². The van der Waals surface area contributed by atoms with Gasteiger partial charge < -0.3 is 4.74 Å². The van der Waals surface area contributed by atoms with Crippen LogP contribution < -0.4 is 0 Å². The molecule has 2 atom stereocenters. The quantitative estimate of drug-likeness (QED) is 0.627. The van der Waals surface area contributed by atoms with E-state index >= 15 is 0 Å². The molecule has 2 fully saturated rings. The molecule has 2 unspecified atom stereocenters. The highest BCUT2D eigenvalue weighted by Crippen LogP contribution is 2.58. The highest BCUT2D eigenvalue weighted by atomic mass is 79.9. The predicted octanol–water partition coefficient (Wildman–Crippen LogP) is 2.05. The lowest BCUT2D eigenvalue weighted by Crippen LogP contribution is -2.09. The van der Waals surface area contributed by atoms with Crippen LogP contribution >= 0.6 is 15.9 Å². The summed E-state index contributed by atoms with van der Waals surface area (Å²) in [6, 6.07) is 0. The molecule has 2 aliphatic rings. The minimum absolute atomic E-state index is 0.588. The molecule has 2 aliphatic carbocycles. The first-order valence-corrected chi connectivity index (χ1v) is 5.07. The Labute approximate surface area is 70.3 Å². The molecule has 2 saturated carbocycles. The molecule has 0 aromatic heterocycles. The van der Waals surface area contributed by atoms with E-state index in [2.05, 4.69) is 15.9 Å². The maximum absolute atomic E-state index is 5.29. The van der Waals surface area contributed by atoms with Gasteiger partial charge in [-0.05, 0) is 30.6 Å². The normalized spacial score (nSPS) is 51.0. The highest BCUT2D eigenvalue weighted by Gasteiger charge is 2.55. The maximum atomic E-state index is 5.29. The summed E-state index contributed by atoms with van der Waals surface area (Å²) in [4.78, 5) is 0. The van der Waals surface area contributed by atoms with Crippen molar-refractivity contribution in [1.82, 2.24) is 0 Å². The second kappa shape index (κ2) is 2.49. The summed E-state index contributed by atoms with van der Waals surface area (Å²) in [5.41, 5.74) is 0. The Morgan fingerprint density at radius 2 is 2.00 bits per heavy atom. The zero-order valence-electron chi connectivity index (χ0n) is 6.22. The molecule has 10 heavy (non-hydrogen) atoms. The molecular formula is C8H13BrO. The van der Waals surface area contributed by atoms with E-state index in [0.717, 1.165) is 17.8 Å². The van der Waals surface area contributed by atoms with Crippen LogP contribution in [0.5, 0.6) is 0 Å². The van der Waals surface area contributed by atoms with Gasteiger partial charge in [0.05, 0.1) is 6.10 Å². The fourth-order valence-corrected chi connectivity index (χ4v) is 3.31. The molecule has 0 radical (unpaired) electrons. The Morgan fingerprint density at radius 1 is 1.40 bits per heavy atom. The molecule has 2 rings (SSSR count). The standard InChI is InChI=1S/C8H13BrO/c1-10-5-2-6-7(3-5)8(6)4-9/h5-8H,2-4H2,1H3. The predicted molar refractivity (Wildman–Crippen MR) is 44.3 cm³/mol. The molecule has 0 spiro atoms. The summed E-state index contributed by atoms with van der Waals surface area (Å²) in [6.07, 6.45) is 3.22. The van der Waals surface area contributed by atoms with Crippen molar-refractivity contribution >= 4 is 15.9 Å². The largest absolute Gasteiger partial charge is 0.381 e. The second-order valence-corrected chi connectivity index (χ2v) is 4.12. The van der Waals surface area contributed by atoms with E-state index in [-0.39, 0.29) is 0 Å². The Bertz CT molecular complexity index is 123. The number of methoxy groups -OCH3 is 1. The van der Waals surface area contributed by atoms with E-state index in [9.17, 15) is 0 Å². The molecule has 0 amide bonds. The molecule has 0 aliphatic heterocycles. The molecular weight excluding hydrogens is 192 g/mol. The first-order valence-electron chi connectivity index (χ1n) is 3.95. The van der Waals surface area contributed by atoms with Crippen molar-refractivity contribution in [1.29, 1.82) is 0 Å². The fraction of sp³-hybridized carbons (Fsp3) is 1.00. The van der Waals surface area contributed by atoms with Crippen LogP contribution in [-0.4, -0.2) is 18.5 Å². The third-order valence-corrected chi connectivity index (χ3v) is 3.84. The summed E-state index contributed by atoms with van der Waals surface area (Å²) in [5, 5.41) is 1.21. The molecule has 0 N–H and O–H groups in total. The van der Waals surface area contributed by atoms with Gasteiger partial charge in [0.2, 0.25) is 0 Å². The van der Waals surface area contributed by atoms with Crippen LogP contribution in [0.4, 0.5) is 0 Å². The van der Waals surface area contributed by atoms with Crippen LogP contribution in [-0.2, 0) is 4.74 Å². The van der Waals surface area contributed by atoms with E-state index in [4.69, 9.17) is 4.74 Å². The summed E-state index contributed by atoms with van der Waals surface area (Å²) in [7, 11) is 1.83. The van der Waals surface area contributed by atoms with Crippen molar-refractivity contribution in [3.05, 3.63) is 0 Å². The average molecular weight is 205 g/mol. The molecule has 0 aromatic rings. The third kappa shape index (κ3) is 0.928. The van der Waals surface area contributed by atoms with Gasteiger partial charge in [0.15, 0.2) is 0 Å². The van der Waals surface area contributed by atoms with Crippen molar-refractivity contribution in [2.45, 2.75) is 18.9 Å². The van der Waals surface area contributed by atoms with Crippen molar-refractivity contribution in [3.8, 4) is 0 Å². The number of halogens is 1. The van der Waals surface area contributed by atoms with E-state index in [0.29, 0.717) is 6.10 Å². The second-order valence-electron chi connectivity index (χ2n) is 3.47. The van der Waals surface area contributed by atoms with Crippen LogP contribution in [0.25, 0.3) is 0 Å². The van der Waals surface area contributed by atoms with E-state index < -0.39 is 0 Å². The molecule has 0 aromatic carbocycles. The first kappa shape index (κ1) is 7.11. The van der Waals surface area contributed by atoms with Gasteiger partial charge in [-0.3, -0.25) is 0 Å². The zero-order chi connectivity index (χ0) is 7.14. The number of rotatable bonds is 2. The Balaban J connectivity index is 1.84. The number of hydrogen-bond acceptors (Lipinski definition) is 1. The van der Waals surface area contributed by atoms with Crippen molar-refractivity contribution in [2.75, 3.05) is 12.4 Å². The van der Waals surface area contributed by atoms with Gasteiger partial charge in [0.25, 0.3) is 0 Å². The van der Waals surface area contributed by atoms with Gasteiger partial charge in [-0.2, -0.15) is 0 Å². The number of ether oxygens (including phenoxy) is 1. The molecule has 1 nitrogen and oxygen atoms in total. The van der Waals surface area contributed by atoms with Gasteiger partial charge in [-0.1, -0.05) is 15.9 Å². The maximum Gasteiger partial charge on any atom is 0.0577 e. The minimum Gasteiger partial charge on any atom is -0.381 e. The van der Waals surface area contributed by atoms with Crippen molar-refractivity contribution < 1.29 is 4.74 Å².